The quantitative estimate of drug-likeness (QED) is 0.784. The van der Waals surface area contributed by atoms with E-state index in [0.717, 1.165) is 10.6 Å². The summed E-state index contributed by atoms with van der Waals surface area (Å²) in [5.74, 6) is 0. The van der Waals surface area contributed by atoms with Gasteiger partial charge in [-0.05, 0) is 12.0 Å². The lowest BCUT2D eigenvalue weighted by atomic mass is 9.98. The summed E-state index contributed by atoms with van der Waals surface area (Å²) < 4.78 is 0. The Morgan fingerprint density at radius 3 is 2.52 bits per heavy atom. The summed E-state index contributed by atoms with van der Waals surface area (Å²) in [5, 5.41) is 24.2. The van der Waals surface area contributed by atoms with Gasteiger partial charge in [-0.25, -0.2) is 4.79 Å². The van der Waals surface area contributed by atoms with Gasteiger partial charge in [0.15, 0.2) is 0 Å². The van der Waals surface area contributed by atoms with Crippen molar-refractivity contribution in [2.75, 3.05) is 11.9 Å². The highest BCUT2D eigenvalue weighted by molar-refractivity contribution is 7.15. The van der Waals surface area contributed by atoms with E-state index in [1.165, 1.54) is 11.3 Å². The highest BCUT2D eigenvalue weighted by atomic mass is 32.1. The van der Waals surface area contributed by atoms with Gasteiger partial charge in [-0.3, -0.25) is 5.32 Å². The number of benzene rings is 1. The van der Waals surface area contributed by atoms with Gasteiger partial charge in [0.25, 0.3) is 0 Å². The number of urea groups is 1. The van der Waals surface area contributed by atoms with Gasteiger partial charge in [0.2, 0.25) is 5.13 Å². The van der Waals surface area contributed by atoms with Crippen molar-refractivity contribution in [1.82, 2.24) is 15.5 Å². The molecule has 0 aliphatic rings. The van der Waals surface area contributed by atoms with Gasteiger partial charge in [0.1, 0.15) is 5.01 Å². The van der Waals surface area contributed by atoms with Crippen molar-refractivity contribution >= 4 is 22.5 Å². The number of aliphatic hydroxyl groups excluding tert-OH is 1. The number of anilines is 1. The van der Waals surface area contributed by atoms with Crippen LogP contribution in [0.5, 0.6) is 0 Å². The third-order valence-electron chi connectivity index (χ3n) is 3.21. The third kappa shape index (κ3) is 5.01. The maximum absolute atomic E-state index is 12.2. The lowest BCUT2D eigenvalue weighted by Crippen LogP contribution is -2.33. The largest absolute Gasteiger partial charge is 0.396 e. The molecule has 2 aromatic rings. The van der Waals surface area contributed by atoms with E-state index in [2.05, 4.69) is 20.8 Å². The number of nitrogens with zero attached hydrogens (tertiary/aromatic N) is 2. The molecule has 2 amide bonds. The number of carbonyl (C=O) groups excluding carboxylic acids is 1. The SMILES string of the molecule is CC(C)(C)c1nnc(NC(=O)N[C@H](CCO)c2ccccc2)s1. The fourth-order valence-corrected chi connectivity index (χ4v) is 2.80. The van der Waals surface area contributed by atoms with E-state index in [-0.39, 0.29) is 24.1 Å². The van der Waals surface area contributed by atoms with Crippen molar-refractivity contribution in [3.63, 3.8) is 0 Å². The Labute approximate surface area is 140 Å². The van der Waals surface area contributed by atoms with Gasteiger partial charge < -0.3 is 10.4 Å². The predicted molar refractivity (Wildman–Crippen MR) is 91.6 cm³/mol. The minimum absolute atomic E-state index is 0.00712. The van der Waals surface area contributed by atoms with Crippen LogP contribution in [0.2, 0.25) is 0 Å². The molecule has 0 saturated carbocycles. The Morgan fingerprint density at radius 2 is 1.96 bits per heavy atom. The minimum atomic E-state index is -0.357. The topological polar surface area (TPSA) is 87.1 Å². The van der Waals surface area contributed by atoms with Crippen molar-refractivity contribution in [1.29, 1.82) is 0 Å². The highest BCUT2D eigenvalue weighted by Crippen LogP contribution is 2.27. The van der Waals surface area contributed by atoms with Gasteiger partial charge in [0.05, 0.1) is 6.04 Å². The molecule has 7 heteroatoms. The minimum Gasteiger partial charge on any atom is -0.396 e. The van der Waals surface area contributed by atoms with Gasteiger partial charge in [-0.15, -0.1) is 10.2 Å². The molecule has 1 atom stereocenters. The monoisotopic (exact) mass is 334 g/mol. The molecule has 0 bridgehead atoms. The first-order chi connectivity index (χ1) is 10.9. The van der Waals surface area contributed by atoms with E-state index >= 15 is 0 Å². The zero-order valence-electron chi connectivity index (χ0n) is 13.5. The Balaban J connectivity index is 2.01. The Bertz CT molecular complexity index is 637. The zero-order valence-corrected chi connectivity index (χ0v) is 14.4. The first-order valence-corrected chi connectivity index (χ1v) is 8.29. The zero-order chi connectivity index (χ0) is 16.9. The molecule has 0 unspecified atom stereocenters. The van der Waals surface area contributed by atoms with Gasteiger partial charge in [0, 0.05) is 12.0 Å². The second kappa shape index (κ2) is 7.52. The highest BCUT2D eigenvalue weighted by Gasteiger charge is 2.20. The van der Waals surface area contributed by atoms with Crippen LogP contribution in [0.4, 0.5) is 9.93 Å². The molecule has 6 nitrogen and oxygen atoms in total. The van der Waals surface area contributed by atoms with E-state index in [1.807, 2.05) is 51.1 Å². The standard InChI is InChI=1S/C16H22N4O2S/c1-16(2,3)13-19-20-15(23-13)18-14(22)17-12(9-10-21)11-7-5-4-6-8-11/h4-8,12,21H,9-10H2,1-3H3,(H2,17,18,20,22)/t12-/m1/s1. The fraction of sp³-hybridized carbons (Fsp3) is 0.438. The lowest BCUT2D eigenvalue weighted by molar-refractivity contribution is 0.239. The van der Waals surface area contributed by atoms with Crippen molar-refractivity contribution < 1.29 is 9.90 Å². The van der Waals surface area contributed by atoms with Gasteiger partial charge in [-0.1, -0.05) is 62.4 Å². The predicted octanol–water partition coefficient (Wildman–Crippen LogP) is 3.08. The summed E-state index contributed by atoms with van der Waals surface area (Å²) in [7, 11) is 0. The number of carbonyl (C=O) groups is 1. The molecule has 1 aromatic heterocycles. The molecular formula is C16H22N4O2S. The van der Waals surface area contributed by atoms with Crippen molar-refractivity contribution in [3.8, 4) is 0 Å². The summed E-state index contributed by atoms with van der Waals surface area (Å²) in [6.07, 6.45) is 0.445. The van der Waals surface area contributed by atoms with Crippen molar-refractivity contribution in [3.05, 3.63) is 40.9 Å². The van der Waals surface area contributed by atoms with Gasteiger partial charge >= 0.3 is 6.03 Å². The third-order valence-corrected chi connectivity index (χ3v) is 4.48. The lowest BCUT2D eigenvalue weighted by Gasteiger charge is -2.18. The molecule has 1 aromatic carbocycles. The molecule has 3 N–H and O–H groups in total. The molecule has 0 aliphatic carbocycles. The molecule has 0 spiro atoms. The molecule has 124 valence electrons. The fourth-order valence-electron chi connectivity index (χ4n) is 2.00. The number of hydrogen-bond donors (Lipinski definition) is 3. The summed E-state index contributed by atoms with van der Waals surface area (Å²) in [5.41, 5.74) is 0.849. The van der Waals surface area contributed by atoms with E-state index in [9.17, 15) is 9.90 Å². The number of aliphatic hydroxyl groups is 1. The molecule has 0 aliphatic heterocycles. The van der Waals surface area contributed by atoms with Crippen LogP contribution in [-0.4, -0.2) is 27.9 Å². The van der Waals surface area contributed by atoms with Crippen molar-refractivity contribution in [2.24, 2.45) is 0 Å². The Morgan fingerprint density at radius 1 is 1.26 bits per heavy atom. The summed E-state index contributed by atoms with van der Waals surface area (Å²) in [6, 6.07) is 8.95. The van der Waals surface area contributed by atoms with Crippen LogP contribution in [0.25, 0.3) is 0 Å². The van der Waals surface area contributed by atoms with E-state index < -0.39 is 0 Å². The number of aromatic nitrogens is 2. The van der Waals surface area contributed by atoms with E-state index in [4.69, 9.17) is 0 Å². The van der Waals surface area contributed by atoms with Crippen LogP contribution in [0.3, 0.4) is 0 Å². The molecule has 0 saturated heterocycles. The second-order valence-corrected chi connectivity index (χ2v) is 7.21. The van der Waals surface area contributed by atoms with Crippen LogP contribution in [0, 0.1) is 0 Å². The Hall–Kier alpha value is -1.99. The first-order valence-electron chi connectivity index (χ1n) is 7.47. The Kier molecular flexibility index (Phi) is 5.68. The maximum Gasteiger partial charge on any atom is 0.321 e. The second-order valence-electron chi connectivity index (χ2n) is 6.24. The number of amides is 2. The van der Waals surface area contributed by atoms with Gasteiger partial charge in [-0.2, -0.15) is 0 Å². The number of rotatable bonds is 5. The average molecular weight is 334 g/mol. The molecule has 23 heavy (non-hydrogen) atoms. The van der Waals surface area contributed by atoms with E-state index in [1.54, 1.807) is 0 Å². The molecule has 1 heterocycles. The van der Waals surface area contributed by atoms with Crippen LogP contribution in [-0.2, 0) is 5.41 Å². The molecule has 0 fully saturated rings. The van der Waals surface area contributed by atoms with Crippen LogP contribution >= 0.6 is 11.3 Å². The van der Waals surface area contributed by atoms with E-state index in [0.29, 0.717) is 11.6 Å². The van der Waals surface area contributed by atoms with Crippen LogP contribution in [0.1, 0.15) is 43.8 Å². The molecule has 2 rings (SSSR count). The molecular weight excluding hydrogens is 312 g/mol. The van der Waals surface area contributed by atoms with Crippen molar-refractivity contribution in [2.45, 2.75) is 38.6 Å². The van der Waals surface area contributed by atoms with Crippen LogP contribution < -0.4 is 10.6 Å². The van der Waals surface area contributed by atoms with Crippen LogP contribution in [0.15, 0.2) is 30.3 Å². The number of nitrogens with one attached hydrogen (secondary N) is 2. The maximum atomic E-state index is 12.2. The number of hydrogen-bond acceptors (Lipinski definition) is 5. The summed E-state index contributed by atoms with van der Waals surface area (Å²) in [6.45, 7) is 6.13. The smallest absolute Gasteiger partial charge is 0.321 e. The molecule has 0 radical (unpaired) electrons. The summed E-state index contributed by atoms with van der Waals surface area (Å²) >= 11 is 1.36. The first kappa shape index (κ1) is 17.4. The normalized spacial score (nSPS) is 12.7. The average Bonchev–Trinajstić information content (AvgIpc) is 2.96. The summed E-state index contributed by atoms with van der Waals surface area (Å²) in [4.78, 5) is 12.2.